The second-order valence-corrected chi connectivity index (χ2v) is 3.64. The molecule has 2 heterocycles. The Morgan fingerprint density at radius 2 is 2.25 bits per heavy atom. The lowest BCUT2D eigenvalue weighted by Crippen LogP contribution is -2.48. The number of anilines is 2. The zero-order chi connectivity index (χ0) is 11.5. The predicted molar refractivity (Wildman–Crippen MR) is 59.7 cm³/mol. The Morgan fingerprint density at radius 3 is 2.94 bits per heavy atom. The van der Waals surface area contributed by atoms with Crippen molar-refractivity contribution in [3.05, 3.63) is 12.4 Å². The van der Waals surface area contributed by atoms with E-state index in [2.05, 4.69) is 15.4 Å². The van der Waals surface area contributed by atoms with Crippen molar-refractivity contribution in [1.29, 1.82) is 0 Å². The Hall–Kier alpha value is -1.89. The van der Waals surface area contributed by atoms with Crippen LogP contribution in [0.25, 0.3) is 0 Å². The second-order valence-electron chi connectivity index (χ2n) is 3.64. The molecule has 1 aliphatic heterocycles. The molecule has 86 valence electrons. The van der Waals surface area contributed by atoms with Crippen molar-refractivity contribution in [2.75, 3.05) is 37.0 Å². The first kappa shape index (κ1) is 10.6. The van der Waals surface area contributed by atoms with Crippen molar-refractivity contribution in [3.63, 3.8) is 0 Å². The third-order valence-corrected chi connectivity index (χ3v) is 2.55. The van der Waals surface area contributed by atoms with Crippen molar-refractivity contribution in [2.24, 2.45) is 5.84 Å². The van der Waals surface area contributed by atoms with Gasteiger partial charge in [-0.1, -0.05) is 0 Å². The van der Waals surface area contributed by atoms with Gasteiger partial charge < -0.3 is 15.2 Å². The topological polar surface area (TPSA) is 87.4 Å². The number of nitrogens with one attached hydrogen (secondary N) is 1. The number of hydrogen-bond donors (Lipinski definition) is 2. The standard InChI is InChI=1S/C9H14N6O/c1-14-2-3-15(6-9(14)16)8-5-11-4-7(12-8)13-10/h4-5H,2-3,6,10H2,1H3,(H,12,13). The highest BCUT2D eigenvalue weighted by atomic mass is 16.2. The Morgan fingerprint density at radius 1 is 1.44 bits per heavy atom. The summed E-state index contributed by atoms with van der Waals surface area (Å²) in [6.45, 7) is 1.78. The van der Waals surface area contributed by atoms with E-state index in [4.69, 9.17) is 5.84 Å². The lowest BCUT2D eigenvalue weighted by atomic mass is 10.3. The van der Waals surface area contributed by atoms with Crippen molar-refractivity contribution in [2.45, 2.75) is 0 Å². The van der Waals surface area contributed by atoms with Crippen LogP contribution < -0.4 is 16.2 Å². The van der Waals surface area contributed by atoms with Gasteiger partial charge >= 0.3 is 0 Å². The van der Waals surface area contributed by atoms with Gasteiger partial charge in [0.2, 0.25) is 5.91 Å². The third-order valence-electron chi connectivity index (χ3n) is 2.55. The SMILES string of the molecule is CN1CCN(c2cncc(NN)n2)CC1=O. The number of amides is 1. The van der Waals surface area contributed by atoms with Gasteiger partial charge in [-0.05, 0) is 0 Å². The van der Waals surface area contributed by atoms with Gasteiger partial charge in [-0.15, -0.1) is 0 Å². The molecule has 7 heteroatoms. The van der Waals surface area contributed by atoms with E-state index in [-0.39, 0.29) is 5.91 Å². The first-order valence-electron chi connectivity index (χ1n) is 4.98. The highest BCUT2D eigenvalue weighted by Crippen LogP contribution is 2.14. The highest BCUT2D eigenvalue weighted by molar-refractivity contribution is 5.82. The number of aromatic nitrogens is 2. The van der Waals surface area contributed by atoms with E-state index in [1.54, 1.807) is 18.1 Å². The maximum atomic E-state index is 11.5. The van der Waals surface area contributed by atoms with E-state index >= 15 is 0 Å². The molecule has 1 saturated heterocycles. The molecule has 0 radical (unpaired) electrons. The minimum atomic E-state index is 0.0826. The molecular formula is C9H14N6O. The van der Waals surface area contributed by atoms with Crippen LogP contribution in [-0.4, -0.2) is 47.5 Å². The fraction of sp³-hybridized carbons (Fsp3) is 0.444. The van der Waals surface area contributed by atoms with Gasteiger partial charge in [0.25, 0.3) is 0 Å². The largest absolute Gasteiger partial charge is 0.344 e. The van der Waals surface area contributed by atoms with Gasteiger partial charge in [0.15, 0.2) is 5.82 Å². The maximum Gasteiger partial charge on any atom is 0.241 e. The van der Waals surface area contributed by atoms with Crippen LogP contribution in [0.2, 0.25) is 0 Å². The summed E-state index contributed by atoms with van der Waals surface area (Å²) in [5.41, 5.74) is 2.43. The summed E-state index contributed by atoms with van der Waals surface area (Å²) in [5, 5.41) is 0. The number of hydrazine groups is 1. The lowest BCUT2D eigenvalue weighted by Gasteiger charge is -2.32. The van der Waals surface area contributed by atoms with E-state index in [1.165, 1.54) is 6.20 Å². The minimum Gasteiger partial charge on any atom is -0.344 e. The number of carbonyl (C=O) groups excluding carboxylic acids is 1. The Balaban J connectivity index is 2.15. The lowest BCUT2D eigenvalue weighted by molar-refractivity contribution is -0.129. The van der Waals surface area contributed by atoms with Crippen molar-refractivity contribution in [3.8, 4) is 0 Å². The molecule has 7 nitrogen and oxygen atoms in total. The Kier molecular flexibility index (Phi) is 2.86. The van der Waals surface area contributed by atoms with Crippen molar-refractivity contribution >= 4 is 17.5 Å². The summed E-state index contributed by atoms with van der Waals surface area (Å²) >= 11 is 0. The minimum absolute atomic E-state index is 0.0826. The van der Waals surface area contributed by atoms with Gasteiger partial charge in [0, 0.05) is 20.1 Å². The first-order valence-corrected chi connectivity index (χ1v) is 4.98. The molecule has 0 spiro atoms. The molecule has 0 aromatic carbocycles. The number of carbonyl (C=O) groups is 1. The molecule has 0 bridgehead atoms. The summed E-state index contributed by atoms with van der Waals surface area (Å²) in [6, 6.07) is 0. The van der Waals surface area contributed by atoms with E-state index in [9.17, 15) is 4.79 Å². The van der Waals surface area contributed by atoms with Crippen LogP contribution in [0, 0.1) is 0 Å². The number of piperazine rings is 1. The van der Waals surface area contributed by atoms with Crippen molar-refractivity contribution < 1.29 is 4.79 Å². The number of nitrogens with zero attached hydrogens (tertiary/aromatic N) is 4. The van der Waals surface area contributed by atoms with Crippen LogP contribution in [0.4, 0.5) is 11.6 Å². The van der Waals surface area contributed by atoms with Crippen LogP contribution in [-0.2, 0) is 4.79 Å². The maximum absolute atomic E-state index is 11.5. The molecular weight excluding hydrogens is 208 g/mol. The Bertz CT molecular complexity index is 395. The molecule has 1 amide bonds. The summed E-state index contributed by atoms with van der Waals surface area (Å²) in [6.07, 6.45) is 3.15. The van der Waals surface area contributed by atoms with Crippen LogP contribution in [0.3, 0.4) is 0 Å². The molecule has 1 aromatic rings. The van der Waals surface area contributed by atoms with Crippen LogP contribution in [0.5, 0.6) is 0 Å². The van der Waals surface area contributed by atoms with Gasteiger partial charge in [0.1, 0.15) is 5.82 Å². The molecule has 1 aromatic heterocycles. The number of hydrogen-bond acceptors (Lipinski definition) is 6. The molecule has 2 rings (SSSR count). The van der Waals surface area contributed by atoms with E-state index < -0.39 is 0 Å². The first-order chi connectivity index (χ1) is 7.70. The number of nitrogens with two attached hydrogens (primary N) is 1. The third kappa shape index (κ3) is 2.03. The molecule has 16 heavy (non-hydrogen) atoms. The van der Waals surface area contributed by atoms with Crippen LogP contribution >= 0.6 is 0 Å². The number of likely N-dealkylation sites (N-methyl/N-ethyl adjacent to an activating group) is 1. The fourth-order valence-electron chi connectivity index (χ4n) is 1.53. The smallest absolute Gasteiger partial charge is 0.241 e. The highest BCUT2D eigenvalue weighted by Gasteiger charge is 2.22. The van der Waals surface area contributed by atoms with E-state index in [0.29, 0.717) is 24.7 Å². The summed E-state index contributed by atoms with van der Waals surface area (Å²) in [7, 11) is 1.79. The summed E-state index contributed by atoms with van der Waals surface area (Å²) < 4.78 is 0. The van der Waals surface area contributed by atoms with Crippen molar-refractivity contribution in [1.82, 2.24) is 14.9 Å². The molecule has 0 atom stereocenters. The molecule has 1 aliphatic rings. The summed E-state index contributed by atoms with van der Waals surface area (Å²) in [5.74, 6) is 6.49. The van der Waals surface area contributed by atoms with E-state index in [0.717, 1.165) is 6.54 Å². The monoisotopic (exact) mass is 222 g/mol. The number of nitrogen functional groups attached to an aromatic ring is 1. The van der Waals surface area contributed by atoms with Crippen LogP contribution in [0.1, 0.15) is 0 Å². The molecule has 0 unspecified atom stereocenters. The number of rotatable bonds is 2. The molecule has 0 aliphatic carbocycles. The van der Waals surface area contributed by atoms with Gasteiger partial charge in [0.05, 0.1) is 18.9 Å². The van der Waals surface area contributed by atoms with E-state index in [1.807, 2.05) is 4.90 Å². The van der Waals surface area contributed by atoms with Gasteiger partial charge in [-0.25, -0.2) is 10.8 Å². The quantitative estimate of drug-likeness (QED) is 0.495. The predicted octanol–water partition coefficient (Wildman–Crippen LogP) is -0.959. The van der Waals surface area contributed by atoms with Gasteiger partial charge in [-0.3, -0.25) is 9.78 Å². The molecule has 3 N–H and O–H groups in total. The average Bonchev–Trinajstić information content (AvgIpc) is 2.33. The normalized spacial score (nSPS) is 16.5. The molecule has 0 saturated carbocycles. The fourth-order valence-corrected chi connectivity index (χ4v) is 1.53. The Labute approximate surface area is 93.2 Å². The van der Waals surface area contributed by atoms with Gasteiger partial charge in [-0.2, -0.15) is 0 Å². The zero-order valence-corrected chi connectivity index (χ0v) is 9.05. The second kappa shape index (κ2) is 4.31. The molecule has 1 fully saturated rings. The zero-order valence-electron chi connectivity index (χ0n) is 9.05. The summed E-state index contributed by atoms with van der Waals surface area (Å²) in [4.78, 5) is 23.4. The average molecular weight is 222 g/mol. The van der Waals surface area contributed by atoms with Crippen LogP contribution in [0.15, 0.2) is 12.4 Å².